The Hall–Kier alpha value is -3.15. The molecule has 0 spiro atoms. The summed E-state index contributed by atoms with van der Waals surface area (Å²) in [6, 6.07) is 9.28. The summed E-state index contributed by atoms with van der Waals surface area (Å²) in [5.41, 5.74) is 1.54. The van der Waals surface area contributed by atoms with Crippen LogP contribution < -0.4 is 15.3 Å². The number of hydrogen-bond donors (Lipinski definition) is 0. The summed E-state index contributed by atoms with van der Waals surface area (Å²) < 4.78 is 5.77. The van der Waals surface area contributed by atoms with Crippen molar-refractivity contribution in [3.63, 3.8) is 0 Å². The standard InChI is InChI=1S/C16H10N4O2/c21-14-7-11-6-10(3-4-13(11)20-14)8-22-16-12-2-1-5-17-15(12)18-9-19-16/h1-7,9H,8H2. The number of carbonyl (C=O) groups is 1. The second kappa shape index (κ2) is 5.00. The number of aromatic nitrogens is 3. The second-order valence-electron chi connectivity index (χ2n) is 4.83. The van der Waals surface area contributed by atoms with Gasteiger partial charge in [0.25, 0.3) is 5.91 Å². The maximum Gasteiger partial charge on any atom is 0.270 e. The monoisotopic (exact) mass is 290 g/mol. The maximum atomic E-state index is 11.3. The number of amides is 1. The van der Waals surface area contributed by atoms with Gasteiger partial charge in [0.1, 0.15) is 12.9 Å². The van der Waals surface area contributed by atoms with Gasteiger partial charge in [-0.05, 0) is 29.8 Å². The van der Waals surface area contributed by atoms with E-state index in [0.717, 1.165) is 16.2 Å². The van der Waals surface area contributed by atoms with Crippen LogP contribution in [0.3, 0.4) is 0 Å². The molecule has 22 heavy (non-hydrogen) atoms. The largest absolute Gasteiger partial charge is 0.472 e. The average molecular weight is 290 g/mol. The first-order chi connectivity index (χ1) is 10.8. The Kier molecular flexibility index (Phi) is 2.86. The molecule has 0 saturated heterocycles. The number of ether oxygens (including phenoxy) is 1. The number of fused-ring (bicyclic) bond motifs is 2. The highest BCUT2D eigenvalue weighted by atomic mass is 16.5. The van der Waals surface area contributed by atoms with E-state index in [4.69, 9.17) is 4.74 Å². The van der Waals surface area contributed by atoms with Gasteiger partial charge in [0.15, 0.2) is 5.65 Å². The molecular weight excluding hydrogens is 280 g/mol. The molecule has 6 nitrogen and oxygen atoms in total. The lowest BCUT2D eigenvalue weighted by atomic mass is 10.2. The molecule has 3 aromatic rings. The zero-order valence-electron chi connectivity index (χ0n) is 11.4. The van der Waals surface area contributed by atoms with Gasteiger partial charge in [-0.3, -0.25) is 4.79 Å². The van der Waals surface area contributed by atoms with Gasteiger partial charge >= 0.3 is 0 Å². The molecule has 2 aromatic heterocycles. The summed E-state index contributed by atoms with van der Waals surface area (Å²) in [5, 5.41) is 2.29. The van der Waals surface area contributed by atoms with Crippen LogP contribution in [0.15, 0.2) is 47.8 Å². The van der Waals surface area contributed by atoms with E-state index in [1.165, 1.54) is 12.4 Å². The Morgan fingerprint density at radius 2 is 2.05 bits per heavy atom. The molecule has 0 bridgehead atoms. The van der Waals surface area contributed by atoms with Crippen LogP contribution in [-0.4, -0.2) is 20.9 Å². The predicted molar refractivity (Wildman–Crippen MR) is 78.4 cm³/mol. The molecule has 106 valence electrons. The second-order valence-corrected chi connectivity index (χ2v) is 4.83. The normalized spacial score (nSPS) is 12.6. The average Bonchev–Trinajstić information content (AvgIpc) is 2.92. The highest BCUT2D eigenvalue weighted by Gasteiger charge is 2.07. The van der Waals surface area contributed by atoms with E-state index in [9.17, 15) is 4.79 Å². The molecule has 1 aromatic carbocycles. The topological polar surface area (TPSA) is 77.3 Å². The summed E-state index contributed by atoms with van der Waals surface area (Å²) in [6.07, 6.45) is 4.62. The molecule has 0 aliphatic carbocycles. The van der Waals surface area contributed by atoms with Crippen molar-refractivity contribution in [3.05, 3.63) is 59.0 Å². The van der Waals surface area contributed by atoms with Crippen LogP contribution in [-0.2, 0) is 11.4 Å². The van der Waals surface area contributed by atoms with Crippen LogP contribution in [0.5, 0.6) is 5.88 Å². The molecule has 6 heteroatoms. The van der Waals surface area contributed by atoms with Gasteiger partial charge in [0.2, 0.25) is 5.88 Å². The van der Waals surface area contributed by atoms with Gasteiger partial charge in [-0.15, -0.1) is 0 Å². The molecule has 0 radical (unpaired) electrons. The molecule has 3 heterocycles. The fraction of sp³-hybridized carbons (Fsp3) is 0.0625. The lowest BCUT2D eigenvalue weighted by molar-refractivity contribution is -0.112. The van der Waals surface area contributed by atoms with Crippen LogP contribution in [0.4, 0.5) is 0 Å². The number of pyridine rings is 1. The van der Waals surface area contributed by atoms with Crippen molar-refractivity contribution in [2.45, 2.75) is 6.61 Å². The van der Waals surface area contributed by atoms with E-state index in [0.29, 0.717) is 23.5 Å². The minimum Gasteiger partial charge on any atom is -0.472 e. The third kappa shape index (κ3) is 2.20. The Balaban J connectivity index is 1.63. The molecule has 4 rings (SSSR count). The summed E-state index contributed by atoms with van der Waals surface area (Å²) in [6.45, 7) is 0.344. The minimum absolute atomic E-state index is 0.221. The first-order valence-corrected chi connectivity index (χ1v) is 6.71. The van der Waals surface area contributed by atoms with E-state index in [1.54, 1.807) is 6.20 Å². The third-order valence-corrected chi connectivity index (χ3v) is 3.35. The molecule has 1 aliphatic rings. The van der Waals surface area contributed by atoms with Gasteiger partial charge in [-0.2, -0.15) is 0 Å². The first kappa shape index (κ1) is 12.6. The Morgan fingerprint density at radius 1 is 1.09 bits per heavy atom. The van der Waals surface area contributed by atoms with Gasteiger partial charge < -0.3 is 4.74 Å². The highest BCUT2D eigenvalue weighted by molar-refractivity contribution is 6.06. The van der Waals surface area contributed by atoms with E-state index in [1.807, 2.05) is 30.3 Å². The minimum atomic E-state index is -0.221. The van der Waals surface area contributed by atoms with E-state index < -0.39 is 0 Å². The molecule has 0 saturated carbocycles. The molecule has 1 amide bonds. The summed E-state index contributed by atoms with van der Waals surface area (Å²) in [7, 11) is 0. The molecule has 1 aliphatic heterocycles. The first-order valence-electron chi connectivity index (χ1n) is 6.71. The zero-order chi connectivity index (χ0) is 14.9. The van der Waals surface area contributed by atoms with Crippen LogP contribution in [0.2, 0.25) is 0 Å². The van der Waals surface area contributed by atoms with Crippen LogP contribution in [0.1, 0.15) is 5.56 Å². The smallest absolute Gasteiger partial charge is 0.270 e. The molecule has 0 N–H and O–H groups in total. The predicted octanol–water partition coefficient (Wildman–Crippen LogP) is 0.544. The summed E-state index contributed by atoms with van der Waals surface area (Å²) in [5.74, 6) is 0.268. The SMILES string of the molecule is O=C1C=c2cc(COc3ncnc4ncccc34)ccc2=N1. The van der Waals surface area contributed by atoms with E-state index in [-0.39, 0.29) is 5.91 Å². The Labute approximate surface area is 124 Å². The number of benzene rings is 1. The number of carbonyl (C=O) groups excluding carboxylic acids is 1. The van der Waals surface area contributed by atoms with Crippen molar-refractivity contribution in [2.75, 3.05) is 0 Å². The van der Waals surface area contributed by atoms with E-state index in [2.05, 4.69) is 19.9 Å². The number of rotatable bonds is 3. The number of nitrogens with zero attached hydrogens (tertiary/aromatic N) is 4. The fourth-order valence-corrected chi connectivity index (χ4v) is 2.33. The number of hydrogen-bond acceptors (Lipinski definition) is 5. The molecular formula is C16H10N4O2. The van der Waals surface area contributed by atoms with Crippen molar-refractivity contribution in [1.82, 2.24) is 15.0 Å². The van der Waals surface area contributed by atoms with Gasteiger partial charge in [-0.1, -0.05) is 6.07 Å². The van der Waals surface area contributed by atoms with Crippen molar-refractivity contribution >= 4 is 23.0 Å². The van der Waals surface area contributed by atoms with Crippen LogP contribution in [0, 0.1) is 0 Å². The molecule has 0 fully saturated rings. The maximum absolute atomic E-state index is 11.3. The van der Waals surface area contributed by atoms with Crippen LogP contribution in [0.25, 0.3) is 17.1 Å². The van der Waals surface area contributed by atoms with Gasteiger partial charge in [0, 0.05) is 17.5 Å². The van der Waals surface area contributed by atoms with E-state index >= 15 is 0 Å². The van der Waals surface area contributed by atoms with Crippen molar-refractivity contribution in [3.8, 4) is 5.88 Å². The highest BCUT2D eigenvalue weighted by Crippen LogP contribution is 2.19. The fourth-order valence-electron chi connectivity index (χ4n) is 2.33. The van der Waals surface area contributed by atoms with Crippen molar-refractivity contribution in [2.24, 2.45) is 4.99 Å². The van der Waals surface area contributed by atoms with Crippen molar-refractivity contribution < 1.29 is 9.53 Å². The summed E-state index contributed by atoms with van der Waals surface area (Å²) in [4.78, 5) is 27.6. The Morgan fingerprint density at radius 3 is 3.00 bits per heavy atom. The lowest BCUT2D eigenvalue weighted by Gasteiger charge is -2.07. The molecule has 0 unspecified atom stereocenters. The van der Waals surface area contributed by atoms with Gasteiger partial charge in [0.05, 0.1) is 10.7 Å². The lowest BCUT2D eigenvalue weighted by Crippen LogP contribution is -2.21. The Bertz CT molecular complexity index is 1010. The summed E-state index contributed by atoms with van der Waals surface area (Å²) >= 11 is 0. The zero-order valence-corrected chi connectivity index (χ0v) is 11.4. The van der Waals surface area contributed by atoms with Gasteiger partial charge in [-0.25, -0.2) is 19.9 Å². The molecule has 0 atom stereocenters. The van der Waals surface area contributed by atoms with Crippen molar-refractivity contribution in [1.29, 1.82) is 0 Å². The quantitative estimate of drug-likeness (QED) is 0.703. The van der Waals surface area contributed by atoms with Crippen LogP contribution >= 0.6 is 0 Å². The third-order valence-electron chi connectivity index (χ3n) is 3.35.